The van der Waals surface area contributed by atoms with Gasteiger partial charge in [0, 0.05) is 6.42 Å². The second-order valence-corrected chi connectivity index (χ2v) is 4.62. The number of nitrogens with zero attached hydrogens (tertiary/aromatic N) is 2. The molecule has 0 aliphatic rings. The van der Waals surface area contributed by atoms with Gasteiger partial charge in [0.1, 0.15) is 23.1 Å². The Hall–Kier alpha value is -2.99. The van der Waals surface area contributed by atoms with E-state index >= 15 is 0 Å². The van der Waals surface area contributed by atoms with Crippen molar-refractivity contribution in [3.63, 3.8) is 0 Å². The van der Waals surface area contributed by atoms with Crippen LogP contribution in [0.1, 0.15) is 35.8 Å². The molecule has 1 aromatic heterocycles. The quantitative estimate of drug-likeness (QED) is 0.505. The van der Waals surface area contributed by atoms with Gasteiger partial charge in [-0.15, -0.1) is 0 Å². The Morgan fingerprint density at radius 3 is 2.60 bits per heavy atom. The molecule has 0 unspecified atom stereocenters. The normalized spacial score (nSPS) is 9.20. The molecule has 0 aliphatic heterocycles. The molecular formula is C16H22N4O5. The Balaban J connectivity index is 0.000000477. The third kappa shape index (κ3) is 8.43. The number of esters is 1. The lowest BCUT2D eigenvalue weighted by atomic mass is 10.2. The molecule has 0 fully saturated rings. The second-order valence-electron chi connectivity index (χ2n) is 4.62. The molecule has 9 nitrogen and oxygen atoms in total. The molecule has 25 heavy (non-hydrogen) atoms. The number of ketones is 1. The number of aldehydes is 1. The zero-order chi connectivity index (χ0) is 19.2. The Kier molecular flexibility index (Phi) is 10.9. The maximum atomic E-state index is 10.8. The topological polar surface area (TPSA) is 144 Å². The number of nitrogens with one attached hydrogen (secondary N) is 1. The van der Waals surface area contributed by atoms with Crippen LogP contribution in [0, 0.1) is 11.3 Å². The first-order valence-electron chi connectivity index (χ1n) is 7.45. The third-order valence-electron chi connectivity index (χ3n) is 2.76. The van der Waals surface area contributed by atoms with Crippen LogP contribution in [0.3, 0.4) is 0 Å². The number of hydrogen-bond acceptors (Lipinski definition) is 9. The molecule has 0 amide bonds. The molecule has 0 aliphatic carbocycles. The number of methoxy groups -OCH3 is 1. The number of hydrogen-bond donors (Lipinski definition) is 2. The molecule has 0 saturated heterocycles. The van der Waals surface area contributed by atoms with Crippen LogP contribution >= 0.6 is 0 Å². The van der Waals surface area contributed by atoms with Crippen molar-refractivity contribution in [2.75, 3.05) is 33.0 Å². The third-order valence-corrected chi connectivity index (χ3v) is 2.76. The second kappa shape index (κ2) is 12.4. The fraction of sp³-hybridized carbons (Fsp3) is 0.438. The number of ether oxygens (including phenoxy) is 2. The van der Waals surface area contributed by atoms with E-state index in [4.69, 9.17) is 15.7 Å². The Morgan fingerprint density at radius 1 is 1.44 bits per heavy atom. The highest BCUT2D eigenvalue weighted by molar-refractivity contribution is 5.84. The number of rotatable bonds is 8. The zero-order valence-corrected chi connectivity index (χ0v) is 14.5. The first-order valence-corrected chi connectivity index (χ1v) is 7.45. The maximum Gasteiger partial charge on any atom is 0.305 e. The summed E-state index contributed by atoms with van der Waals surface area (Å²) in [5.41, 5.74) is 6.06. The molecule has 3 N–H and O–H groups in total. The number of aromatic nitrogens is 1. The highest BCUT2D eigenvalue weighted by atomic mass is 16.5. The van der Waals surface area contributed by atoms with Gasteiger partial charge in [0.05, 0.1) is 32.4 Å². The largest absolute Gasteiger partial charge is 0.477 e. The van der Waals surface area contributed by atoms with Crippen molar-refractivity contribution in [3.8, 4) is 11.9 Å². The van der Waals surface area contributed by atoms with E-state index in [-0.39, 0.29) is 47.4 Å². The molecule has 0 saturated carbocycles. The monoisotopic (exact) mass is 350 g/mol. The smallest absolute Gasteiger partial charge is 0.305 e. The summed E-state index contributed by atoms with van der Waals surface area (Å²) in [6.45, 7) is 2.44. The van der Waals surface area contributed by atoms with E-state index in [1.807, 2.05) is 6.07 Å². The first kappa shape index (κ1) is 22.0. The summed E-state index contributed by atoms with van der Waals surface area (Å²) in [5, 5.41) is 11.5. The first-order chi connectivity index (χ1) is 11.9. The number of pyridine rings is 1. The number of nitrogen functional groups attached to an aromatic ring is 1. The van der Waals surface area contributed by atoms with Crippen molar-refractivity contribution in [1.82, 2.24) is 10.3 Å². The van der Waals surface area contributed by atoms with Crippen molar-refractivity contribution >= 4 is 23.7 Å². The predicted molar refractivity (Wildman–Crippen MR) is 90.1 cm³/mol. The molecule has 0 radical (unpaired) electrons. The van der Waals surface area contributed by atoms with Gasteiger partial charge in [-0.1, -0.05) is 0 Å². The number of nitriles is 1. The predicted octanol–water partition coefficient (Wildman–Crippen LogP) is 0.475. The van der Waals surface area contributed by atoms with Crippen molar-refractivity contribution in [3.05, 3.63) is 17.3 Å². The standard InChI is InChI=1S/C9H9N3O2.C7H13NO3/c1-2-14-9-7(4-10)8(11)3-6(5-13)12-9;1-8-5-6(9)3-4-7(10)11-2/h3,5H,2H2,1H3,(H2,11,12);8H,3-5H2,1-2H3. The highest BCUT2D eigenvalue weighted by Gasteiger charge is 2.10. The average molecular weight is 350 g/mol. The van der Waals surface area contributed by atoms with Gasteiger partial charge in [0.2, 0.25) is 5.88 Å². The fourth-order valence-corrected chi connectivity index (χ4v) is 1.60. The van der Waals surface area contributed by atoms with E-state index < -0.39 is 0 Å². The molecule has 0 bridgehead atoms. The van der Waals surface area contributed by atoms with E-state index in [9.17, 15) is 14.4 Å². The number of likely N-dealkylation sites (N-methyl/N-ethyl adjacent to an activating group) is 1. The van der Waals surface area contributed by atoms with Crippen LogP contribution in [0.15, 0.2) is 6.07 Å². The molecule has 0 aromatic carbocycles. The Labute approximate surface area is 146 Å². The van der Waals surface area contributed by atoms with E-state index in [2.05, 4.69) is 15.0 Å². The lowest BCUT2D eigenvalue weighted by molar-refractivity contribution is -0.141. The highest BCUT2D eigenvalue weighted by Crippen LogP contribution is 2.21. The summed E-state index contributed by atoms with van der Waals surface area (Å²) in [5.74, 6) is -0.204. The molecule has 136 valence electrons. The minimum Gasteiger partial charge on any atom is -0.477 e. The number of carbonyl (C=O) groups is 3. The summed E-state index contributed by atoms with van der Waals surface area (Å²) in [6, 6.07) is 3.21. The summed E-state index contributed by atoms with van der Waals surface area (Å²) in [7, 11) is 3.00. The molecule has 0 atom stereocenters. The zero-order valence-electron chi connectivity index (χ0n) is 14.5. The average Bonchev–Trinajstić information content (AvgIpc) is 2.60. The summed E-state index contributed by atoms with van der Waals surface area (Å²) in [6.07, 6.45) is 0.991. The van der Waals surface area contributed by atoms with Crippen LogP contribution in [-0.4, -0.2) is 50.3 Å². The molecule has 0 spiro atoms. The maximum absolute atomic E-state index is 10.8. The van der Waals surface area contributed by atoms with Crippen LogP contribution in [-0.2, 0) is 14.3 Å². The van der Waals surface area contributed by atoms with Crippen molar-refractivity contribution in [1.29, 1.82) is 5.26 Å². The Bertz CT molecular complexity index is 640. The van der Waals surface area contributed by atoms with Crippen LogP contribution < -0.4 is 15.8 Å². The Morgan fingerprint density at radius 2 is 2.12 bits per heavy atom. The number of carbonyl (C=O) groups excluding carboxylic acids is 3. The summed E-state index contributed by atoms with van der Waals surface area (Å²) >= 11 is 0. The van der Waals surface area contributed by atoms with Crippen LogP contribution in [0.4, 0.5) is 5.69 Å². The molecule has 1 rings (SSSR count). The lowest BCUT2D eigenvalue weighted by Crippen LogP contribution is -2.19. The number of Topliss-reactive ketones (excluding diaryl/α,β-unsaturated/α-hetero) is 1. The van der Waals surface area contributed by atoms with E-state index in [1.54, 1.807) is 14.0 Å². The van der Waals surface area contributed by atoms with Crippen LogP contribution in [0.2, 0.25) is 0 Å². The molecule has 9 heteroatoms. The van der Waals surface area contributed by atoms with Crippen LogP contribution in [0.5, 0.6) is 5.88 Å². The molecule has 1 heterocycles. The van der Waals surface area contributed by atoms with Gasteiger partial charge in [-0.2, -0.15) is 5.26 Å². The number of nitrogens with two attached hydrogens (primary N) is 1. The fourth-order valence-electron chi connectivity index (χ4n) is 1.60. The van der Waals surface area contributed by atoms with Gasteiger partial charge in [0.25, 0.3) is 0 Å². The van der Waals surface area contributed by atoms with Crippen LogP contribution in [0.25, 0.3) is 0 Å². The summed E-state index contributed by atoms with van der Waals surface area (Å²) in [4.78, 5) is 35.6. The van der Waals surface area contributed by atoms with Gasteiger partial charge >= 0.3 is 5.97 Å². The van der Waals surface area contributed by atoms with Crippen molar-refractivity contribution in [2.45, 2.75) is 19.8 Å². The minimum atomic E-state index is -0.338. The molecular weight excluding hydrogens is 328 g/mol. The van der Waals surface area contributed by atoms with Gasteiger partial charge in [-0.05, 0) is 20.0 Å². The van der Waals surface area contributed by atoms with Crippen molar-refractivity contribution in [2.24, 2.45) is 0 Å². The minimum absolute atomic E-state index is 0.0258. The van der Waals surface area contributed by atoms with E-state index in [0.717, 1.165) is 0 Å². The van der Waals surface area contributed by atoms with Gasteiger partial charge < -0.3 is 20.5 Å². The summed E-state index contributed by atoms with van der Waals surface area (Å²) < 4.78 is 9.45. The lowest BCUT2D eigenvalue weighted by Gasteiger charge is -2.06. The SMILES string of the molecule is CCOc1nc(C=O)cc(N)c1C#N.CNCC(=O)CCC(=O)OC. The van der Waals surface area contributed by atoms with E-state index in [0.29, 0.717) is 19.4 Å². The number of anilines is 1. The van der Waals surface area contributed by atoms with Crippen molar-refractivity contribution < 1.29 is 23.9 Å². The van der Waals surface area contributed by atoms with Gasteiger partial charge in [-0.3, -0.25) is 14.4 Å². The van der Waals surface area contributed by atoms with Gasteiger partial charge in [-0.25, -0.2) is 4.98 Å². The van der Waals surface area contributed by atoms with Gasteiger partial charge in [0.15, 0.2) is 6.29 Å². The van der Waals surface area contributed by atoms with E-state index in [1.165, 1.54) is 13.2 Å². The molecule has 1 aromatic rings.